The third-order valence-corrected chi connectivity index (χ3v) is 2.21. The maximum atomic E-state index is 11.8. The summed E-state index contributed by atoms with van der Waals surface area (Å²) in [4.78, 5) is 22.5. The van der Waals surface area contributed by atoms with E-state index in [2.05, 4.69) is 5.32 Å². The fourth-order valence-corrected chi connectivity index (χ4v) is 1.33. The largest absolute Gasteiger partial charge is 0.497 e. The topological polar surface area (TPSA) is 64.6 Å². The molecule has 0 radical (unpaired) electrons. The smallest absolute Gasteiger partial charge is 0.217 e. The molecule has 0 aliphatic heterocycles. The van der Waals surface area contributed by atoms with Crippen molar-refractivity contribution in [2.45, 2.75) is 6.92 Å². The lowest BCUT2D eigenvalue weighted by molar-refractivity contribution is -0.118. The number of hydrogen-bond acceptors (Lipinski definition) is 4. The van der Waals surface area contributed by atoms with E-state index in [1.807, 2.05) is 0 Å². The molecule has 0 fully saturated rings. The summed E-state index contributed by atoms with van der Waals surface area (Å²) in [5.74, 6) is 0.586. The van der Waals surface area contributed by atoms with Crippen molar-refractivity contribution in [2.75, 3.05) is 20.8 Å². The highest BCUT2D eigenvalue weighted by molar-refractivity contribution is 6.01. The number of methoxy groups -OCH3 is 2. The molecule has 0 aliphatic rings. The van der Waals surface area contributed by atoms with Gasteiger partial charge >= 0.3 is 0 Å². The van der Waals surface area contributed by atoms with E-state index in [0.717, 1.165) is 0 Å². The standard InChI is InChI=1S/C12H15NO4/c1-8(14)13-7-11(15)10-5-4-9(16-2)6-12(10)17-3/h4-6H,7H2,1-3H3,(H,13,14). The minimum absolute atomic E-state index is 0.0436. The van der Waals surface area contributed by atoms with Crippen LogP contribution in [-0.2, 0) is 4.79 Å². The summed E-state index contributed by atoms with van der Waals surface area (Å²) in [5, 5.41) is 2.45. The van der Waals surface area contributed by atoms with Crippen molar-refractivity contribution in [3.8, 4) is 11.5 Å². The van der Waals surface area contributed by atoms with Crippen LogP contribution < -0.4 is 14.8 Å². The Balaban J connectivity index is 2.89. The van der Waals surface area contributed by atoms with Gasteiger partial charge in [-0.15, -0.1) is 0 Å². The molecule has 0 aromatic heterocycles. The average molecular weight is 237 g/mol. The van der Waals surface area contributed by atoms with Crippen LogP contribution in [0.4, 0.5) is 0 Å². The first-order valence-corrected chi connectivity index (χ1v) is 5.08. The number of hydrogen-bond donors (Lipinski definition) is 1. The summed E-state index contributed by atoms with van der Waals surface area (Å²) >= 11 is 0. The molecular weight excluding hydrogens is 222 g/mol. The molecule has 17 heavy (non-hydrogen) atoms. The molecule has 0 saturated carbocycles. The molecule has 1 aromatic carbocycles. The van der Waals surface area contributed by atoms with E-state index in [1.165, 1.54) is 21.1 Å². The van der Waals surface area contributed by atoms with E-state index >= 15 is 0 Å². The van der Waals surface area contributed by atoms with Crippen molar-refractivity contribution in [2.24, 2.45) is 0 Å². The molecule has 5 heteroatoms. The van der Waals surface area contributed by atoms with Gasteiger partial charge in [-0.3, -0.25) is 9.59 Å². The van der Waals surface area contributed by atoms with Gasteiger partial charge in [0.15, 0.2) is 5.78 Å². The van der Waals surface area contributed by atoms with Gasteiger partial charge in [-0.25, -0.2) is 0 Å². The zero-order valence-electron chi connectivity index (χ0n) is 10.1. The second kappa shape index (κ2) is 5.89. The highest BCUT2D eigenvalue weighted by atomic mass is 16.5. The summed E-state index contributed by atoms with van der Waals surface area (Å²) in [7, 11) is 3.01. The van der Waals surface area contributed by atoms with E-state index in [0.29, 0.717) is 17.1 Å². The molecule has 0 aliphatic carbocycles. The number of amides is 1. The molecule has 1 N–H and O–H groups in total. The quantitative estimate of drug-likeness (QED) is 0.777. The van der Waals surface area contributed by atoms with Gasteiger partial charge in [0.05, 0.1) is 26.3 Å². The maximum absolute atomic E-state index is 11.8. The Morgan fingerprint density at radius 1 is 1.24 bits per heavy atom. The van der Waals surface area contributed by atoms with Crippen molar-refractivity contribution >= 4 is 11.7 Å². The first-order chi connectivity index (χ1) is 8.08. The number of ketones is 1. The molecule has 0 bridgehead atoms. The summed E-state index contributed by atoms with van der Waals surface area (Å²) in [6, 6.07) is 4.91. The molecule has 1 rings (SSSR count). The Bertz CT molecular complexity index is 429. The number of carbonyl (C=O) groups is 2. The lowest BCUT2D eigenvalue weighted by atomic mass is 10.1. The number of Topliss-reactive ketones (excluding diaryl/α,β-unsaturated/α-hetero) is 1. The summed E-state index contributed by atoms with van der Waals surface area (Å²) in [6.45, 7) is 1.32. The molecule has 0 heterocycles. The fraction of sp³-hybridized carbons (Fsp3) is 0.333. The molecule has 0 saturated heterocycles. The monoisotopic (exact) mass is 237 g/mol. The van der Waals surface area contributed by atoms with Crippen LogP contribution >= 0.6 is 0 Å². The molecule has 0 spiro atoms. The third-order valence-electron chi connectivity index (χ3n) is 2.21. The SMILES string of the molecule is COc1ccc(C(=O)CNC(C)=O)c(OC)c1. The lowest BCUT2D eigenvalue weighted by Gasteiger charge is -2.09. The van der Waals surface area contributed by atoms with E-state index in [1.54, 1.807) is 18.2 Å². The van der Waals surface area contributed by atoms with Gasteiger partial charge in [0.25, 0.3) is 0 Å². The van der Waals surface area contributed by atoms with Crippen LogP contribution in [-0.4, -0.2) is 32.5 Å². The predicted molar refractivity (Wildman–Crippen MR) is 62.6 cm³/mol. The second-order valence-corrected chi connectivity index (χ2v) is 3.40. The Labute approximate surface area is 99.7 Å². The maximum Gasteiger partial charge on any atom is 0.217 e. The van der Waals surface area contributed by atoms with Gasteiger partial charge in [0.1, 0.15) is 11.5 Å². The van der Waals surface area contributed by atoms with Crippen molar-refractivity contribution < 1.29 is 19.1 Å². The van der Waals surface area contributed by atoms with Crippen LogP contribution in [0, 0.1) is 0 Å². The molecule has 1 amide bonds. The van der Waals surface area contributed by atoms with Crippen molar-refractivity contribution in [1.82, 2.24) is 5.32 Å². The third kappa shape index (κ3) is 3.48. The molecule has 5 nitrogen and oxygen atoms in total. The number of carbonyl (C=O) groups excluding carboxylic acids is 2. The number of rotatable bonds is 5. The number of ether oxygens (including phenoxy) is 2. The van der Waals surface area contributed by atoms with Gasteiger partial charge in [0, 0.05) is 13.0 Å². The van der Waals surface area contributed by atoms with E-state index in [4.69, 9.17) is 9.47 Å². The van der Waals surface area contributed by atoms with Gasteiger partial charge in [-0.05, 0) is 12.1 Å². The highest BCUT2D eigenvalue weighted by Crippen LogP contribution is 2.24. The van der Waals surface area contributed by atoms with Crippen LogP contribution in [0.5, 0.6) is 11.5 Å². The Morgan fingerprint density at radius 3 is 2.47 bits per heavy atom. The fourth-order valence-electron chi connectivity index (χ4n) is 1.33. The first kappa shape index (κ1) is 13.0. The van der Waals surface area contributed by atoms with Crippen LogP contribution in [0.25, 0.3) is 0 Å². The Hall–Kier alpha value is -2.04. The van der Waals surface area contributed by atoms with Gasteiger partial charge < -0.3 is 14.8 Å². The van der Waals surface area contributed by atoms with Crippen molar-refractivity contribution in [3.05, 3.63) is 23.8 Å². The number of benzene rings is 1. The molecule has 1 aromatic rings. The summed E-state index contributed by atoms with van der Waals surface area (Å²) in [5.41, 5.74) is 0.419. The zero-order chi connectivity index (χ0) is 12.8. The first-order valence-electron chi connectivity index (χ1n) is 5.08. The second-order valence-electron chi connectivity index (χ2n) is 3.40. The van der Waals surface area contributed by atoms with E-state index in [-0.39, 0.29) is 18.2 Å². The van der Waals surface area contributed by atoms with Crippen molar-refractivity contribution in [3.63, 3.8) is 0 Å². The molecule has 0 atom stereocenters. The molecule has 92 valence electrons. The Kier molecular flexibility index (Phi) is 4.51. The van der Waals surface area contributed by atoms with Crippen LogP contribution in [0.3, 0.4) is 0 Å². The highest BCUT2D eigenvalue weighted by Gasteiger charge is 2.13. The van der Waals surface area contributed by atoms with E-state index in [9.17, 15) is 9.59 Å². The van der Waals surface area contributed by atoms with Crippen LogP contribution in [0.1, 0.15) is 17.3 Å². The predicted octanol–water partition coefficient (Wildman–Crippen LogP) is 1.02. The normalized spacial score (nSPS) is 9.59. The number of nitrogens with one attached hydrogen (secondary N) is 1. The van der Waals surface area contributed by atoms with Crippen LogP contribution in [0.15, 0.2) is 18.2 Å². The Morgan fingerprint density at radius 2 is 1.94 bits per heavy atom. The van der Waals surface area contributed by atoms with Crippen LogP contribution in [0.2, 0.25) is 0 Å². The average Bonchev–Trinajstić information content (AvgIpc) is 2.34. The molecular formula is C12H15NO4. The minimum atomic E-state index is -0.245. The van der Waals surface area contributed by atoms with Gasteiger partial charge in [0.2, 0.25) is 5.91 Å². The van der Waals surface area contributed by atoms with Gasteiger partial charge in [-0.1, -0.05) is 0 Å². The summed E-state index contributed by atoms with van der Waals surface area (Å²) < 4.78 is 10.1. The lowest BCUT2D eigenvalue weighted by Crippen LogP contribution is -2.27. The van der Waals surface area contributed by atoms with Crippen molar-refractivity contribution in [1.29, 1.82) is 0 Å². The minimum Gasteiger partial charge on any atom is -0.497 e. The summed E-state index contributed by atoms with van der Waals surface area (Å²) in [6.07, 6.45) is 0. The van der Waals surface area contributed by atoms with E-state index < -0.39 is 0 Å². The molecule has 0 unspecified atom stereocenters. The van der Waals surface area contributed by atoms with Gasteiger partial charge in [-0.2, -0.15) is 0 Å². The zero-order valence-corrected chi connectivity index (χ0v) is 10.1.